The van der Waals surface area contributed by atoms with Gasteiger partial charge in [-0.25, -0.2) is 4.90 Å². The summed E-state index contributed by atoms with van der Waals surface area (Å²) in [6.45, 7) is 0.107. The minimum absolute atomic E-state index is 0.107. The minimum atomic E-state index is -0.987. The second-order valence-electron chi connectivity index (χ2n) is 11.5. The Morgan fingerprint density at radius 1 is 0.930 bits per heavy atom. The molecule has 5 aliphatic rings. The van der Waals surface area contributed by atoms with Gasteiger partial charge in [-0.1, -0.05) is 48.5 Å². The number of nitrogens with zero attached hydrogens (tertiary/aromatic N) is 2. The number of imide groups is 1. The second kappa shape index (κ2) is 8.79. The summed E-state index contributed by atoms with van der Waals surface area (Å²) in [5, 5.41) is 12.2. The van der Waals surface area contributed by atoms with Gasteiger partial charge in [0.15, 0.2) is 11.5 Å². The largest absolute Gasteiger partial charge is 0.454 e. The zero-order valence-electron chi connectivity index (χ0n) is 22.7. The van der Waals surface area contributed by atoms with E-state index in [1.807, 2.05) is 60.7 Å². The van der Waals surface area contributed by atoms with Gasteiger partial charge in [0, 0.05) is 21.7 Å². The average Bonchev–Trinajstić information content (AvgIpc) is 3.80. The van der Waals surface area contributed by atoms with E-state index in [9.17, 15) is 19.6 Å². The number of amides is 2. The second-order valence-corrected chi connectivity index (χ2v) is 12.6. The van der Waals surface area contributed by atoms with Crippen molar-refractivity contribution < 1.29 is 28.6 Å². The van der Waals surface area contributed by atoms with Gasteiger partial charge in [-0.3, -0.25) is 14.4 Å². The Bertz CT molecular complexity index is 2040. The first-order chi connectivity index (χ1) is 21.0. The number of carbonyl (C=O) groups is 3. The lowest BCUT2D eigenvalue weighted by atomic mass is 9.64. The molecule has 0 bridgehead atoms. The Morgan fingerprint density at radius 2 is 1.77 bits per heavy atom. The first-order valence-electron chi connectivity index (χ1n) is 14.3. The van der Waals surface area contributed by atoms with Gasteiger partial charge in [0.05, 0.1) is 23.3 Å². The van der Waals surface area contributed by atoms with Crippen molar-refractivity contribution in [1.82, 2.24) is 0 Å². The van der Waals surface area contributed by atoms with Crippen molar-refractivity contribution in [3.05, 3.63) is 87.8 Å². The van der Waals surface area contributed by atoms with Gasteiger partial charge in [0.2, 0.25) is 18.6 Å². The number of anilines is 1. The van der Waals surface area contributed by atoms with Crippen LogP contribution in [-0.4, -0.2) is 24.6 Å². The van der Waals surface area contributed by atoms with Crippen LogP contribution in [0.1, 0.15) is 39.5 Å². The predicted molar refractivity (Wildman–Crippen MR) is 157 cm³/mol. The van der Waals surface area contributed by atoms with Gasteiger partial charge in [0.25, 0.3) is 0 Å². The lowest BCUT2D eigenvalue weighted by Crippen LogP contribution is -2.42. The van der Waals surface area contributed by atoms with E-state index in [4.69, 9.17) is 14.2 Å². The maximum atomic E-state index is 14.5. The zero-order chi connectivity index (χ0) is 29.0. The highest BCUT2D eigenvalue weighted by Crippen LogP contribution is 2.57. The monoisotopic (exact) mass is 586 g/mol. The van der Waals surface area contributed by atoms with Crippen LogP contribution >= 0.6 is 11.3 Å². The van der Waals surface area contributed by atoms with E-state index < -0.39 is 41.5 Å². The van der Waals surface area contributed by atoms with E-state index in [1.54, 1.807) is 0 Å². The number of benzene rings is 3. The Hall–Kier alpha value is -4.94. The number of aryl methyl sites for hydroxylation is 1. The zero-order valence-corrected chi connectivity index (χ0v) is 23.5. The molecule has 8 nitrogen and oxygen atoms in total. The Morgan fingerprint density at radius 3 is 2.65 bits per heavy atom. The number of allylic oxidation sites excluding steroid dienone is 1. The summed E-state index contributed by atoms with van der Waals surface area (Å²) in [5.74, 6) is -3.11. The number of thiophene rings is 1. The average molecular weight is 587 g/mol. The fourth-order valence-corrected chi connectivity index (χ4v) is 8.95. The van der Waals surface area contributed by atoms with Crippen molar-refractivity contribution in [3.8, 4) is 23.3 Å². The quantitative estimate of drug-likeness (QED) is 0.173. The number of carbonyl (C=O) groups excluding carboxylic acids is 3. The number of hydrogen-bond donors (Lipinski definition) is 0. The van der Waals surface area contributed by atoms with Crippen LogP contribution in [0.3, 0.4) is 0 Å². The van der Waals surface area contributed by atoms with Crippen molar-refractivity contribution in [2.75, 3.05) is 11.7 Å². The molecule has 0 spiro atoms. The van der Waals surface area contributed by atoms with Crippen LogP contribution in [0.25, 0.3) is 16.3 Å². The fourth-order valence-electron chi connectivity index (χ4n) is 7.60. The third kappa shape index (κ3) is 3.27. The molecule has 3 aliphatic heterocycles. The standard InChI is InChI=1S/C34H22N2O6S/c35-14-23-19-6-3-7-26(19)43-33(23)36-31(37)27-21(17-9-11-24-25(12-17)41-15-40-24)13-22-20-10-8-16-4-1-2-5-18(16)30(20)42-34(39)28(22)29(27)32(36)38/h1-2,4-5,8-13,21,27-29H,3,6-7,15H2/t21-,27+,28-,29+/m1/s1. The molecule has 9 heteroatoms. The maximum absolute atomic E-state index is 14.5. The molecule has 2 amide bonds. The normalized spacial score (nSPS) is 24.7. The fraction of sp³-hybridized carbons (Fsp3) is 0.235. The summed E-state index contributed by atoms with van der Waals surface area (Å²) in [6.07, 6.45) is 4.49. The van der Waals surface area contributed by atoms with Crippen LogP contribution in [0.5, 0.6) is 17.2 Å². The van der Waals surface area contributed by atoms with Gasteiger partial charge in [-0.15, -0.1) is 11.3 Å². The molecule has 4 heterocycles. The van der Waals surface area contributed by atoms with E-state index >= 15 is 0 Å². The van der Waals surface area contributed by atoms with E-state index in [-0.39, 0.29) is 6.79 Å². The van der Waals surface area contributed by atoms with Crippen LogP contribution in [-0.2, 0) is 27.2 Å². The number of esters is 1. The molecule has 0 N–H and O–H groups in total. The van der Waals surface area contributed by atoms with Crippen molar-refractivity contribution in [3.63, 3.8) is 0 Å². The highest BCUT2D eigenvalue weighted by Gasteiger charge is 2.61. The Labute approximate surface area is 249 Å². The van der Waals surface area contributed by atoms with Crippen LogP contribution in [0.4, 0.5) is 5.00 Å². The molecule has 0 unspecified atom stereocenters. The van der Waals surface area contributed by atoms with Gasteiger partial charge < -0.3 is 14.2 Å². The summed E-state index contributed by atoms with van der Waals surface area (Å²) in [4.78, 5) is 45.0. The lowest BCUT2D eigenvalue weighted by molar-refractivity contribution is -0.142. The molecule has 1 fully saturated rings. The lowest BCUT2D eigenvalue weighted by Gasteiger charge is -2.38. The van der Waals surface area contributed by atoms with Crippen LogP contribution < -0.4 is 19.1 Å². The highest BCUT2D eigenvalue weighted by molar-refractivity contribution is 7.17. The molecule has 4 aromatic rings. The smallest absolute Gasteiger partial charge is 0.319 e. The number of hydrogen-bond acceptors (Lipinski definition) is 8. The van der Waals surface area contributed by atoms with Crippen LogP contribution in [0.15, 0.2) is 60.7 Å². The third-order valence-electron chi connectivity index (χ3n) is 9.48. The molecule has 3 aromatic carbocycles. The highest BCUT2D eigenvalue weighted by atomic mass is 32.1. The molecule has 4 atom stereocenters. The molecule has 43 heavy (non-hydrogen) atoms. The summed E-state index contributed by atoms with van der Waals surface area (Å²) >= 11 is 1.35. The van der Waals surface area contributed by atoms with Gasteiger partial charge in [0.1, 0.15) is 16.8 Å². The van der Waals surface area contributed by atoms with E-state index in [2.05, 4.69) is 6.07 Å². The molecule has 210 valence electrons. The summed E-state index contributed by atoms with van der Waals surface area (Å²) in [6, 6.07) is 19.4. The number of rotatable bonds is 2. The van der Waals surface area contributed by atoms with Crippen LogP contribution in [0, 0.1) is 29.1 Å². The third-order valence-corrected chi connectivity index (χ3v) is 10.8. The SMILES string of the molecule is N#Cc1c(N2C(=O)[C@@H]3[C@@H]4C(=O)Oc5c(ccc6ccccc56)C4=C[C@H](c4ccc5c(c4)OCO5)[C@@H]3C2=O)sc2c1CCC2. The Kier molecular flexibility index (Phi) is 5.03. The first kappa shape index (κ1) is 24.6. The van der Waals surface area contributed by atoms with Crippen molar-refractivity contribution >= 4 is 50.5 Å². The summed E-state index contributed by atoms with van der Waals surface area (Å²) in [5.41, 5.74) is 3.52. The molecular weight excluding hydrogens is 564 g/mol. The molecule has 0 radical (unpaired) electrons. The molecule has 9 rings (SSSR count). The molecular formula is C34H22N2O6S. The number of nitriles is 1. The van der Waals surface area contributed by atoms with Crippen LogP contribution in [0.2, 0.25) is 0 Å². The van der Waals surface area contributed by atoms with Gasteiger partial charge in [-0.2, -0.15) is 5.26 Å². The minimum Gasteiger partial charge on any atom is -0.454 e. The van der Waals surface area contributed by atoms with Gasteiger partial charge >= 0.3 is 5.97 Å². The predicted octanol–water partition coefficient (Wildman–Crippen LogP) is 5.51. The van der Waals surface area contributed by atoms with E-state index in [0.29, 0.717) is 33.4 Å². The van der Waals surface area contributed by atoms with Gasteiger partial charge in [-0.05, 0) is 53.5 Å². The topological polar surface area (TPSA) is 106 Å². The summed E-state index contributed by atoms with van der Waals surface area (Å²) in [7, 11) is 0. The Balaban J connectivity index is 1.25. The first-order valence-corrected chi connectivity index (χ1v) is 15.1. The van der Waals surface area contributed by atoms with E-state index in [0.717, 1.165) is 51.6 Å². The van der Waals surface area contributed by atoms with Crippen molar-refractivity contribution in [1.29, 1.82) is 5.26 Å². The van der Waals surface area contributed by atoms with Crippen molar-refractivity contribution in [2.45, 2.75) is 25.2 Å². The number of ether oxygens (including phenoxy) is 3. The molecule has 1 aromatic heterocycles. The maximum Gasteiger partial charge on any atom is 0.319 e. The van der Waals surface area contributed by atoms with E-state index in [1.165, 1.54) is 16.2 Å². The molecule has 1 saturated heterocycles. The van der Waals surface area contributed by atoms with Crippen molar-refractivity contribution in [2.24, 2.45) is 17.8 Å². The summed E-state index contributed by atoms with van der Waals surface area (Å²) < 4.78 is 17.2. The number of fused-ring (bicyclic) bond motifs is 9. The molecule has 0 saturated carbocycles. The molecule has 2 aliphatic carbocycles.